The Morgan fingerprint density at radius 3 is 2.34 bits per heavy atom. The molecule has 29 heavy (non-hydrogen) atoms. The Kier molecular flexibility index (Phi) is 6.13. The van der Waals surface area contributed by atoms with Gasteiger partial charge < -0.3 is 24.5 Å². The van der Waals surface area contributed by atoms with E-state index < -0.39 is 5.91 Å². The lowest BCUT2D eigenvalue weighted by atomic mass is 10.1. The van der Waals surface area contributed by atoms with E-state index in [1.807, 2.05) is 19.1 Å². The number of benzene rings is 1. The third-order valence-corrected chi connectivity index (χ3v) is 4.32. The molecular weight excluding hydrogens is 374 g/mol. The number of pyridine rings is 1. The second-order valence-corrected chi connectivity index (χ2v) is 6.16. The van der Waals surface area contributed by atoms with Crippen LogP contribution in [0.5, 0.6) is 11.5 Å². The molecule has 0 bridgehead atoms. The van der Waals surface area contributed by atoms with Crippen molar-refractivity contribution in [1.82, 2.24) is 10.3 Å². The lowest BCUT2D eigenvalue weighted by Crippen LogP contribution is -2.28. The summed E-state index contributed by atoms with van der Waals surface area (Å²) in [6, 6.07) is 9.55. The van der Waals surface area contributed by atoms with Gasteiger partial charge in [0.05, 0.1) is 37.8 Å². The molecule has 0 aliphatic rings. The molecule has 3 aromatic rings. The standard InChI is InChI=1S/C21H21N3O5/c1-13(14-6-8-22-9-7-14)23-20(25)15-11-18(27-2)19(28-3)12-16(15)24-21(26)17-5-4-10-29-17/h4-13H,1-3H3,(H,23,25)(H,24,26)/t13-/m1/s1. The van der Waals surface area contributed by atoms with Gasteiger partial charge in [-0.05, 0) is 42.8 Å². The number of carbonyl (C=O) groups excluding carboxylic acids is 2. The molecule has 0 radical (unpaired) electrons. The summed E-state index contributed by atoms with van der Waals surface area (Å²) in [7, 11) is 2.95. The molecule has 0 fully saturated rings. The maximum absolute atomic E-state index is 13.0. The molecule has 2 N–H and O–H groups in total. The van der Waals surface area contributed by atoms with Crippen molar-refractivity contribution in [1.29, 1.82) is 0 Å². The lowest BCUT2D eigenvalue weighted by Gasteiger charge is -2.18. The Bertz CT molecular complexity index is 987. The van der Waals surface area contributed by atoms with Crippen molar-refractivity contribution in [3.8, 4) is 11.5 Å². The van der Waals surface area contributed by atoms with Gasteiger partial charge >= 0.3 is 0 Å². The number of amides is 2. The average Bonchev–Trinajstić information content (AvgIpc) is 3.29. The molecule has 2 amide bonds. The van der Waals surface area contributed by atoms with E-state index in [0.717, 1.165) is 5.56 Å². The van der Waals surface area contributed by atoms with Gasteiger partial charge in [0.1, 0.15) is 0 Å². The SMILES string of the molecule is COc1cc(NC(=O)c2ccco2)c(C(=O)N[C@H](C)c2ccncc2)cc1OC. The van der Waals surface area contributed by atoms with Crippen molar-refractivity contribution >= 4 is 17.5 Å². The molecule has 8 nitrogen and oxygen atoms in total. The van der Waals surface area contributed by atoms with E-state index in [4.69, 9.17) is 13.9 Å². The molecular formula is C21H21N3O5. The third kappa shape index (κ3) is 4.55. The summed E-state index contributed by atoms with van der Waals surface area (Å²) in [5.41, 5.74) is 1.39. The zero-order valence-electron chi connectivity index (χ0n) is 16.3. The first-order valence-electron chi connectivity index (χ1n) is 8.85. The quantitative estimate of drug-likeness (QED) is 0.635. The van der Waals surface area contributed by atoms with Crippen LogP contribution in [0, 0.1) is 0 Å². The Hall–Kier alpha value is -3.81. The van der Waals surface area contributed by atoms with Crippen LogP contribution in [-0.4, -0.2) is 31.0 Å². The van der Waals surface area contributed by atoms with Gasteiger partial charge in [-0.15, -0.1) is 0 Å². The number of anilines is 1. The Morgan fingerprint density at radius 2 is 1.72 bits per heavy atom. The fourth-order valence-corrected chi connectivity index (χ4v) is 2.77. The fraction of sp³-hybridized carbons (Fsp3) is 0.190. The predicted molar refractivity (Wildman–Crippen MR) is 106 cm³/mol. The Morgan fingerprint density at radius 1 is 1.03 bits per heavy atom. The molecule has 0 unspecified atom stereocenters. The summed E-state index contributed by atoms with van der Waals surface area (Å²) in [6.45, 7) is 1.86. The summed E-state index contributed by atoms with van der Waals surface area (Å²) in [6.07, 6.45) is 4.71. The number of nitrogens with one attached hydrogen (secondary N) is 2. The summed E-state index contributed by atoms with van der Waals surface area (Å²) in [4.78, 5) is 29.4. The molecule has 8 heteroatoms. The molecule has 1 aromatic carbocycles. The van der Waals surface area contributed by atoms with Crippen molar-refractivity contribution < 1.29 is 23.5 Å². The largest absolute Gasteiger partial charge is 0.493 e. The highest BCUT2D eigenvalue weighted by molar-refractivity contribution is 6.08. The maximum atomic E-state index is 13.0. The van der Waals surface area contributed by atoms with Gasteiger partial charge in [-0.1, -0.05) is 0 Å². The van der Waals surface area contributed by atoms with Crippen LogP contribution in [0.3, 0.4) is 0 Å². The van der Waals surface area contributed by atoms with Crippen LogP contribution in [0.15, 0.2) is 59.5 Å². The highest BCUT2D eigenvalue weighted by atomic mass is 16.5. The normalized spacial score (nSPS) is 11.4. The first-order valence-corrected chi connectivity index (χ1v) is 8.85. The van der Waals surface area contributed by atoms with Gasteiger partial charge in [-0.2, -0.15) is 0 Å². The van der Waals surface area contributed by atoms with E-state index in [1.54, 1.807) is 18.5 Å². The number of hydrogen-bond donors (Lipinski definition) is 2. The van der Waals surface area contributed by atoms with Crippen molar-refractivity contribution in [2.24, 2.45) is 0 Å². The van der Waals surface area contributed by atoms with Crippen LogP contribution in [-0.2, 0) is 0 Å². The van der Waals surface area contributed by atoms with Gasteiger partial charge in [0.15, 0.2) is 17.3 Å². The van der Waals surface area contributed by atoms with Crippen molar-refractivity contribution in [3.63, 3.8) is 0 Å². The molecule has 3 rings (SSSR count). The third-order valence-electron chi connectivity index (χ3n) is 4.32. The Labute approximate surface area is 167 Å². The van der Waals surface area contributed by atoms with E-state index in [-0.39, 0.29) is 29.0 Å². The van der Waals surface area contributed by atoms with Gasteiger partial charge in [0.2, 0.25) is 0 Å². The maximum Gasteiger partial charge on any atom is 0.291 e. The summed E-state index contributed by atoms with van der Waals surface area (Å²) >= 11 is 0. The van der Waals surface area contributed by atoms with Crippen molar-refractivity contribution in [2.45, 2.75) is 13.0 Å². The first kappa shape index (κ1) is 19.9. The molecule has 2 heterocycles. The molecule has 0 aliphatic heterocycles. The van der Waals surface area contributed by atoms with Crippen LogP contribution in [0.2, 0.25) is 0 Å². The van der Waals surface area contributed by atoms with Gasteiger partial charge in [-0.3, -0.25) is 14.6 Å². The zero-order valence-corrected chi connectivity index (χ0v) is 16.3. The van der Waals surface area contributed by atoms with Crippen LogP contribution >= 0.6 is 0 Å². The van der Waals surface area contributed by atoms with E-state index in [1.165, 1.54) is 38.7 Å². The summed E-state index contributed by atoms with van der Waals surface area (Å²) in [5, 5.41) is 5.61. The number of carbonyl (C=O) groups is 2. The average molecular weight is 395 g/mol. The number of hydrogen-bond acceptors (Lipinski definition) is 6. The highest BCUT2D eigenvalue weighted by Gasteiger charge is 2.21. The molecule has 0 aliphatic carbocycles. The minimum absolute atomic E-state index is 0.122. The molecule has 0 spiro atoms. The molecule has 2 aromatic heterocycles. The smallest absolute Gasteiger partial charge is 0.291 e. The van der Waals surface area contributed by atoms with E-state index >= 15 is 0 Å². The minimum Gasteiger partial charge on any atom is -0.493 e. The predicted octanol–water partition coefficient (Wildman–Crippen LogP) is 3.44. The first-order chi connectivity index (χ1) is 14.0. The van der Waals surface area contributed by atoms with Crippen molar-refractivity contribution in [2.75, 3.05) is 19.5 Å². The Balaban J connectivity index is 1.92. The van der Waals surface area contributed by atoms with Crippen LogP contribution in [0.25, 0.3) is 0 Å². The highest BCUT2D eigenvalue weighted by Crippen LogP contribution is 2.34. The van der Waals surface area contributed by atoms with E-state index in [2.05, 4.69) is 15.6 Å². The monoisotopic (exact) mass is 395 g/mol. The van der Waals surface area contributed by atoms with Crippen molar-refractivity contribution in [3.05, 3.63) is 71.9 Å². The second-order valence-electron chi connectivity index (χ2n) is 6.16. The number of rotatable bonds is 7. The summed E-state index contributed by atoms with van der Waals surface area (Å²) < 4.78 is 15.7. The van der Waals surface area contributed by atoms with Gasteiger partial charge in [-0.25, -0.2) is 0 Å². The number of nitrogens with zero attached hydrogens (tertiary/aromatic N) is 1. The topological polar surface area (TPSA) is 103 Å². The van der Waals surface area contributed by atoms with Gasteiger partial charge in [0.25, 0.3) is 11.8 Å². The molecule has 1 atom stereocenters. The lowest BCUT2D eigenvalue weighted by molar-refractivity contribution is 0.0940. The fourth-order valence-electron chi connectivity index (χ4n) is 2.77. The summed E-state index contributed by atoms with van der Waals surface area (Å²) in [5.74, 6) is -0.00838. The van der Waals surface area contributed by atoms with Crippen LogP contribution < -0.4 is 20.1 Å². The second kappa shape index (κ2) is 8.92. The minimum atomic E-state index is -0.488. The van der Waals surface area contributed by atoms with Gasteiger partial charge in [0, 0.05) is 18.5 Å². The molecule has 0 saturated heterocycles. The number of ether oxygens (including phenoxy) is 2. The number of aromatic nitrogens is 1. The van der Waals surface area contributed by atoms with Crippen LogP contribution in [0.4, 0.5) is 5.69 Å². The molecule has 150 valence electrons. The van der Waals surface area contributed by atoms with E-state index in [0.29, 0.717) is 11.5 Å². The van der Waals surface area contributed by atoms with Crippen LogP contribution in [0.1, 0.15) is 39.4 Å². The number of furan rings is 1. The zero-order chi connectivity index (χ0) is 20.8. The number of methoxy groups -OCH3 is 2. The van der Waals surface area contributed by atoms with E-state index in [9.17, 15) is 9.59 Å². The molecule has 0 saturated carbocycles.